The van der Waals surface area contributed by atoms with E-state index in [9.17, 15) is 9.90 Å². The number of carbonyl (C=O) groups is 1. The lowest BCUT2D eigenvalue weighted by molar-refractivity contribution is 0.1000. The molecule has 1 amide bonds. The van der Waals surface area contributed by atoms with Crippen molar-refractivity contribution in [1.29, 1.82) is 0 Å². The average Bonchev–Trinajstić information content (AvgIpc) is 2.54. The Morgan fingerprint density at radius 1 is 1.17 bits per heavy atom. The third-order valence-electron chi connectivity index (χ3n) is 3.83. The Morgan fingerprint density at radius 3 is 2.57 bits per heavy atom. The van der Waals surface area contributed by atoms with Crippen molar-refractivity contribution in [2.24, 2.45) is 5.73 Å². The fourth-order valence-electron chi connectivity index (χ4n) is 2.70. The van der Waals surface area contributed by atoms with Gasteiger partial charge in [0.2, 0.25) is 5.91 Å². The summed E-state index contributed by atoms with van der Waals surface area (Å²) in [5.41, 5.74) is 8.06. The van der Waals surface area contributed by atoms with Crippen LogP contribution >= 0.6 is 0 Å². The fraction of sp³-hybridized carbons (Fsp3) is 0.316. The second kappa shape index (κ2) is 8.46. The SMILES string of the molecule is CC(O)CC(CNCc1cccc(C(N)=O)c1)c1ccccc1. The average molecular weight is 312 g/mol. The summed E-state index contributed by atoms with van der Waals surface area (Å²) in [7, 11) is 0. The van der Waals surface area contributed by atoms with Crippen molar-refractivity contribution in [3.63, 3.8) is 0 Å². The number of hydrogen-bond acceptors (Lipinski definition) is 3. The number of nitrogens with one attached hydrogen (secondary N) is 1. The molecule has 0 saturated carbocycles. The number of carbonyl (C=O) groups excluding carboxylic acids is 1. The Kier molecular flexibility index (Phi) is 6.32. The smallest absolute Gasteiger partial charge is 0.248 e. The quantitative estimate of drug-likeness (QED) is 0.701. The molecule has 0 heterocycles. The molecule has 4 nitrogen and oxygen atoms in total. The minimum Gasteiger partial charge on any atom is -0.393 e. The lowest BCUT2D eigenvalue weighted by atomic mass is 9.93. The first kappa shape index (κ1) is 17.2. The van der Waals surface area contributed by atoms with Crippen molar-refractivity contribution in [2.75, 3.05) is 6.54 Å². The highest BCUT2D eigenvalue weighted by molar-refractivity contribution is 5.92. The van der Waals surface area contributed by atoms with E-state index in [0.717, 1.165) is 12.1 Å². The predicted octanol–water partition coefficient (Wildman–Crippen LogP) is 2.43. The lowest BCUT2D eigenvalue weighted by Crippen LogP contribution is -2.24. The zero-order chi connectivity index (χ0) is 16.7. The van der Waals surface area contributed by atoms with Crippen molar-refractivity contribution >= 4 is 5.91 Å². The van der Waals surface area contributed by atoms with Crippen LogP contribution in [0.3, 0.4) is 0 Å². The van der Waals surface area contributed by atoms with Gasteiger partial charge in [-0.2, -0.15) is 0 Å². The lowest BCUT2D eigenvalue weighted by Gasteiger charge is -2.20. The molecule has 2 rings (SSSR count). The van der Waals surface area contributed by atoms with E-state index < -0.39 is 5.91 Å². The Balaban J connectivity index is 1.96. The number of amides is 1. The molecule has 122 valence electrons. The molecular formula is C19H24N2O2. The molecule has 0 radical (unpaired) electrons. The molecule has 0 aliphatic rings. The van der Waals surface area contributed by atoms with Gasteiger partial charge in [0.25, 0.3) is 0 Å². The van der Waals surface area contributed by atoms with Gasteiger partial charge in [0.15, 0.2) is 0 Å². The number of aliphatic hydroxyl groups excluding tert-OH is 1. The van der Waals surface area contributed by atoms with Crippen LogP contribution in [0.15, 0.2) is 54.6 Å². The van der Waals surface area contributed by atoms with E-state index in [1.807, 2.05) is 43.3 Å². The Labute approximate surface area is 137 Å². The summed E-state index contributed by atoms with van der Waals surface area (Å²) in [5.74, 6) is -0.168. The number of nitrogens with two attached hydrogens (primary N) is 1. The number of primary amides is 1. The highest BCUT2D eigenvalue weighted by Crippen LogP contribution is 2.20. The minimum atomic E-state index is -0.414. The summed E-state index contributed by atoms with van der Waals surface area (Å²) >= 11 is 0. The molecule has 0 aliphatic carbocycles. The summed E-state index contributed by atoms with van der Waals surface area (Å²) in [6.45, 7) is 3.23. The molecule has 2 atom stereocenters. The number of benzene rings is 2. The monoisotopic (exact) mass is 312 g/mol. The standard InChI is InChI=1S/C19H24N2O2/c1-14(22)10-18(16-7-3-2-4-8-16)13-21-12-15-6-5-9-17(11-15)19(20)23/h2-9,11,14,18,21-22H,10,12-13H2,1H3,(H2,20,23). The van der Waals surface area contributed by atoms with Crippen LogP contribution in [0.4, 0.5) is 0 Å². The van der Waals surface area contributed by atoms with E-state index in [-0.39, 0.29) is 12.0 Å². The molecule has 0 fully saturated rings. The minimum absolute atomic E-state index is 0.246. The van der Waals surface area contributed by atoms with Gasteiger partial charge in [-0.1, -0.05) is 42.5 Å². The van der Waals surface area contributed by atoms with Crippen molar-refractivity contribution in [1.82, 2.24) is 5.32 Å². The van der Waals surface area contributed by atoms with E-state index >= 15 is 0 Å². The molecule has 23 heavy (non-hydrogen) atoms. The van der Waals surface area contributed by atoms with E-state index in [0.29, 0.717) is 18.5 Å². The second-order valence-corrected chi connectivity index (χ2v) is 5.89. The maximum absolute atomic E-state index is 11.2. The molecule has 4 heteroatoms. The van der Waals surface area contributed by atoms with Gasteiger partial charge in [-0.15, -0.1) is 0 Å². The number of aliphatic hydroxyl groups is 1. The largest absolute Gasteiger partial charge is 0.393 e. The van der Waals surface area contributed by atoms with Crippen LogP contribution < -0.4 is 11.1 Å². The number of rotatable bonds is 8. The zero-order valence-electron chi connectivity index (χ0n) is 13.4. The third-order valence-corrected chi connectivity index (χ3v) is 3.83. The van der Waals surface area contributed by atoms with Crippen LogP contribution in [0.1, 0.15) is 40.7 Å². The summed E-state index contributed by atoms with van der Waals surface area (Å²) < 4.78 is 0. The number of hydrogen-bond donors (Lipinski definition) is 3. The molecule has 0 saturated heterocycles. The molecule has 0 aliphatic heterocycles. The summed E-state index contributed by atoms with van der Waals surface area (Å²) in [5, 5.41) is 13.1. The van der Waals surface area contributed by atoms with Crippen LogP contribution in [0, 0.1) is 0 Å². The molecule has 0 spiro atoms. The zero-order valence-corrected chi connectivity index (χ0v) is 13.4. The molecular weight excluding hydrogens is 288 g/mol. The molecule has 4 N–H and O–H groups in total. The van der Waals surface area contributed by atoms with E-state index in [1.165, 1.54) is 5.56 Å². The van der Waals surface area contributed by atoms with Gasteiger partial charge in [-0.3, -0.25) is 4.79 Å². The van der Waals surface area contributed by atoms with Crippen LogP contribution in [0.25, 0.3) is 0 Å². The second-order valence-electron chi connectivity index (χ2n) is 5.89. The first-order chi connectivity index (χ1) is 11.1. The summed E-state index contributed by atoms with van der Waals surface area (Å²) in [6, 6.07) is 17.5. The van der Waals surface area contributed by atoms with Crippen molar-refractivity contribution in [2.45, 2.75) is 31.9 Å². The topological polar surface area (TPSA) is 75.3 Å². The van der Waals surface area contributed by atoms with Crippen molar-refractivity contribution in [3.05, 3.63) is 71.3 Å². The maximum Gasteiger partial charge on any atom is 0.248 e. The van der Waals surface area contributed by atoms with Crippen LogP contribution in [0.5, 0.6) is 0 Å². The summed E-state index contributed by atoms with van der Waals surface area (Å²) in [4.78, 5) is 11.2. The van der Waals surface area contributed by atoms with E-state index in [1.54, 1.807) is 6.07 Å². The normalized spacial score (nSPS) is 13.5. The molecule has 2 unspecified atom stereocenters. The highest BCUT2D eigenvalue weighted by Gasteiger charge is 2.13. The Morgan fingerprint density at radius 2 is 1.91 bits per heavy atom. The van der Waals surface area contributed by atoms with Crippen LogP contribution in [-0.2, 0) is 6.54 Å². The molecule has 0 aromatic heterocycles. The van der Waals surface area contributed by atoms with Gasteiger partial charge >= 0.3 is 0 Å². The van der Waals surface area contributed by atoms with Gasteiger partial charge in [0, 0.05) is 18.7 Å². The van der Waals surface area contributed by atoms with Crippen LogP contribution in [0.2, 0.25) is 0 Å². The Bertz CT molecular complexity index is 626. The predicted molar refractivity (Wildman–Crippen MR) is 92.1 cm³/mol. The summed E-state index contributed by atoms with van der Waals surface area (Å²) in [6.07, 6.45) is 0.360. The van der Waals surface area contributed by atoms with Crippen molar-refractivity contribution < 1.29 is 9.90 Å². The van der Waals surface area contributed by atoms with Crippen LogP contribution in [-0.4, -0.2) is 23.7 Å². The van der Waals surface area contributed by atoms with E-state index in [4.69, 9.17) is 5.73 Å². The van der Waals surface area contributed by atoms with Gasteiger partial charge < -0.3 is 16.2 Å². The van der Waals surface area contributed by atoms with E-state index in [2.05, 4.69) is 17.4 Å². The third kappa shape index (κ3) is 5.51. The molecule has 2 aromatic rings. The van der Waals surface area contributed by atoms with Gasteiger partial charge in [-0.05, 0) is 42.5 Å². The Hall–Kier alpha value is -2.17. The fourth-order valence-corrected chi connectivity index (χ4v) is 2.70. The van der Waals surface area contributed by atoms with Gasteiger partial charge in [-0.25, -0.2) is 0 Å². The van der Waals surface area contributed by atoms with Gasteiger partial charge in [0.05, 0.1) is 6.10 Å². The maximum atomic E-state index is 11.2. The highest BCUT2D eigenvalue weighted by atomic mass is 16.3. The van der Waals surface area contributed by atoms with Crippen molar-refractivity contribution in [3.8, 4) is 0 Å². The first-order valence-electron chi connectivity index (χ1n) is 7.88. The molecule has 0 bridgehead atoms. The van der Waals surface area contributed by atoms with Gasteiger partial charge in [0.1, 0.15) is 0 Å². The first-order valence-corrected chi connectivity index (χ1v) is 7.88. The molecule has 2 aromatic carbocycles.